The molecule has 5 heteroatoms. The predicted molar refractivity (Wildman–Crippen MR) is 74.5 cm³/mol. The largest absolute Gasteiger partial charge is 0.365 e. The van der Waals surface area contributed by atoms with Crippen molar-refractivity contribution >= 4 is 11.4 Å². The van der Waals surface area contributed by atoms with E-state index < -0.39 is 0 Å². The van der Waals surface area contributed by atoms with Crippen LogP contribution in [0.5, 0.6) is 0 Å². The number of benzene rings is 1. The van der Waals surface area contributed by atoms with Gasteiger partial charge in [0.1, 0.15) is 0 Å². The summed E-state index contributed by atoms with van der Waals surface area (Å²) in [5, 5.41) is 10.8. The molecule has 2 heterocycles. The molecule has 2 atom stereocenters. The van der Waals surface area contributed by atoms with E-state index in [0.29, 0.717) is 18.1 Å². The summed E-state index contributed by atoms with van der Waals surface area (Å²) in [7, 11) is 0. The van der Waals surface area contributed by atoms with Gasteiger partial charge in [0, 0.05) is 49.0 Å². The number of piperazine rings is 1. The van der Waals surface area contributed by atoms with Gasteiger partial charge in [-0.2, -0.15) is 0 Å². The molecular formula is C14H19N3O2. The van der Waals surface area contributed by atoms with Crippen molar-refractivity contribution in [3.05, 3.63) is 34.4 Å². The van der Waals surface area contributed by atoms with Gasteiger partial charge < -0.3 is 4.90 Å². The van der Waals surface area contributed by atoms with E-state index in [9.17, 15) is 10.1 Å². The minimum atomic E-state index is -0.321. The van der Waals surface area contributed by atoms with Crippen molar-refractivity contribution in [2.45, 2.75) is 38.4 Å². The van der Waals surface area contributed by atoms with Crippen LogP contribution in [0.1, 0.15) is 20.3 Å². The molecule has 0 saturated carbocycles. The van der Waals surface area contributed by atoms with Crippen molar-refractivity contribution in [1.82, 2.24) is 4.90 Å². The standard InChI is InChI=1S/C14H19N3O2/c1-10(2)15-8-14-7-13(15)9-16(14)11-4-3-5-12(6-11)17(18)19/h3-6,10,13-14H,7-9H2,1-2H3. The van der Waals surface area contributed by atoms with Crippen LogP contribution in [0.2, 0.25) is 0 Å². The van der Waals surface area contributed by atoms with Gasteiger partial charge in [-0.05, 0) is 26.3 Å². The van der Waals surface area contributed by atoms with E-state index in [1.165, 1.54) is 6.42 Å². The van der Waals surface area contributed by atoms with E-state index in [-0.39, 0.29) is 10.6 Å². The average Bonchev–Trinajstić information content (AvgIpc) is 2.98. The summed E-state index contributed by atoms with van der Waals surface area (Å²) in [6.07, 6.45) is 1.18. The molecule has 0 aliphatic carbocycles. The maximum absolute atomic E-state index is 10.8. The molecule has 2 bridgehead atoms. The van der Waals surface area contributed by atoms with E-state index in [1.54, 1.807) is 18.2 Å². The zero-order chi connectivity index (χ0) is 13.6. The summed E-state index contributed by atoms with van der Waals surface area (Å²) in [5.41, 5.74) is 1.17. The fourth-order valence-electron chi connectivity index (χ4n) is 3.43. The molecule has 0 radical (unpaired) electrons. The first-order valence-electron chi connectivity index (χ1n) is 6.83. The quantitative estimate of drug-likeness (QED) is 0.618. The third-order valence-corrected chi connectivity index (χ3v) is 4.32. The number of rotatable bonds is 3. The van der Waals surface area contributed by atoms with Crippen LogP contribution in [-0.2, 0) is 0 Å². The molecule has 0 N–H and O–H groups in total. The van der Waals surface area contributed by atoms with Crippen LogP contribution in [0.4, 0.5) is 11.4 Å². The molecule has 19 heavy (non-hydrogen) atoms. The van der Waals surface area contributed by atoms with Crippen LogP contribution >= 0.6 is 0 Å². The van der Waals surface area contributed by atoms with Gasteiger partial charge in [0.15, 0.2) is 0 Å². The number of likely N-dealkylation sites (tertiary alicyclic amines) is 1. The summed E-state index contributed by atoms with van der Waals surface area (Å²) in [6.45, 7) is 6.53. The van der Waals surface area contributed by atoms with Gasteiger partial charge in [0.25, 0.3) is 5.69 Å². The molecule has 2 fully saturated rings. The lowest BCUT2D eigenvalue weighted by Gasteiger charge is -2.37. The second kappa shape index (κ2) is 4.49. The lowest BCUT2D eigenvalue weighted by atomic mass is 10.2. The molecule has 0 amide bonds. The maximum atomic E-state index is 10.8. The van der Waals surface area contributed by atoms with E-state index in [2.05, 4.69) is 23.6 Å². The van der Waals surface area contributed by atoms with Crippen LogP contribution in [0.15, 0.2) is 24.3 Å². The van der Waals surface area contributed by atoms with Gasteiger partial charge in [-0.3, -0.25) is 15.0 Å². The minimum Gasteiger partial charge on any atom is -0.365 e. The van der Waals surface area contributed by atoms with Crippen LogP contribution in [0.25, 0.3) is 0 Å². The van der Waals surface area contributed by atoms with Crippen LogP contribution in [-0.4, -0.2) is 41.0 Å². The Balaban J connectivity index is 1.80. The fourth-order valence-corrected chi connectivity index (χ4v) is 3.43. The second-order valence-electron chi connectivity index (χ2n) is 5.76. The minimum absolute atomic E-state index is 0.181. The topological polar surface area (TPSA) is 49.6 Å². The molecule has 0 aromatic heterocycles. The first kappa shape index (κ1) is 12.4. The molecule has 2 aliphatic heterocycles. The Morgan fingerprint density at radius 3 is 2.68 bits per heavy atom. The monoisotopic (exact) mass is 261 g/mol. The summed E-state index contributed by atoms with van der Waals surface area (Å²) in [5.74, 6) is 0. The lowest BCUT2D eigenvalue weighted by molar-refractivity contribution is -0.384. The van der Waals surface area contributed by atoms with Crippen molar-refractivity contribution in [3.8, 4) is 0 Å². The van der Waals surface area contributed by atoms with Gasteiger partial charge in [-0.15, -0.1) is 0 Å². The fraction of sp³-hybridized carbons (Fsp3) is 0.571. The highest BCUT2D eigenvalue weighted by molar-refractivity contribution is 5.55. The van der Waals surface area contributed by atoms with Crippen molar-refractivity contribution in [1.29, 1.82) is 0 Å². The Morgan fingerprint density at radius 1 is 1.32 bits per heavy atom. The Morgan fingerprint density at radius 2 is 2.11 bits per heavy atom. The Bertz CT molecular complexity index is 503. The smallest absolute Gasteiger partial charge is 0.271 e. The number of anilines is 1. The molecule has 3 rings (SSSR count). The van der Waals surface area contributed by atoms with Crippen LogP contribution in [0.3, 0.4) is 0 Å². The highest BCUT2D eigenvalue weighted by Gasteiger charge is 2.44. The highest BCUT2D eigenvalue weighted by Crippen LogP contribution is 2.36. The number of hydrogen-bond donors (Lipinski definition) is 0. The lowest BCUT2D eigenvalue weighted by Crippen LogP contribution is -2.48. The first-order valence-corrected chi connectivity index (χ1v) is 6.83. The Labute approximate surface area is 113 Å². The molecule has 2 saturated heterocycles. The molecule has 2 unspecified atom stereocenters. The number of nitro benzene ring substituents is 1. The predicted octanol–water partition coefficient (Wildman–Crippen LogP) is 2.27. The highest BCUT2D eigenvalue weighted by atomic mass is 16.6. The van der Waals surface area contributed by atoms with Gasteiger partial charge in [0.05, 0.1) is 4.92 Å². The summed E-state index contributed by atoms with van der Waals surface area (Å²) in [6, 6.07) is 8.70. The molecule has 2 aliphatic rings. The van der Waals surface area contributed by atoms with Crippen molar-refractivity contribution in [2.75, 3.05) is 18.0 Å². The number of non-ortho nitro benzene ring substituents is 1. The molecule has 0 spiro atoms. The zero-order valence-corrected chi connectivity index (χ0v) is 11.3. The third kappa shape index (κ3) is 2.08. The molecule has 5 nitrogen and oxygen atoms in total. The van der Waals surface area contributed by atoms with Crippen molar-refractivity contribution in [2.24, 2.45) is 0 Å². The number of nitrogens with zero attached hydrogens (tertiary/aromatic N) is 3. The van der Waals surface area contributed by atoms with Crippen molar-refractivity contribution in [3.63, 3.8) is 0 Å². The molecular weight excluding hydrogens is 242 g/mol. The Kier molecular flexibility index (Phi) is 2.93. The second-order valence-corrected chi connectivity index (χ2v) is 5.76. The molecule has 1 aromatic rings. The zero-order valence-electron chi connectivity index (χ0n) is 11.3. The maximum Gasteiger partial charge on any atom is 0.271 e. The molecule has 102 valence electrons. The van der Waals surface area contributed by atoms with E-state index in [1.807, 2.05) is 6.07 Å². The van der Waals surface area contributed by atoms with Gasteiger partial charge in [0.2, 0.25) is 0 Å². The molecule has 1 aromatic carbocycles. The SMILES string of the molecule is CC(C)N1CC2CC1CN2c1cccc([N+](=O)[O-])c1. The van der Waals surface area contributed by atoms with Gasteiger partial charge in [-0.1, -0.05) is 6.07 Å². The number of hydrogen-bond acceptors (Lipinski definition) is 4. The van der Waals surface area contributed by atoms with Crippen LogP contribution in [0, 0.1) is 10.1 Å². The van der Waals surface area contributed by atoms with Gasteiger partial charge in [-0.25, -0.2) is 0 Å². The van der Waals surface area contributed by atoms with Gasteiger partial charge >= 0.3 is 0 Å². The normalized spacial score (nSPS) is 26.4. The number of nitro groups is 1. The number of fused-ring (bicyclic) bond motifs is 2. The van der Waals surface area contributed by atoms with E-state index in [0.717, 1.165) is 18.8 Å². The Hall–Kier alpha value is -1.62. The van der Waals surface area contributed by atoms with E-state index >= 15 is 0 Å². The summed E-state index contributed by atoms with van der Waals surface area (Å²) >= 11 is 0. The van der Waals surface area contributed by atoms with Crippen LogP contribution < -0.4 is 4.90 Å². The third-order valence-electron chi connectivity index (χ3n) is 4.32. The average molecular weight is 261 g/mol. The van der Waals surface area contributed by atoms with E-state index in [4.69, 9.17) is 0 Å². The summed E-state index contributed by atoms with van der Waals surface area (Å²) in [4.78, 5) is 15.4. The first-order chi connectivity index (χ1) is 9.06. The summed E-state index contributed by atoms with van der Waals surface area (Å²) < 4.78 is 0. The van der Waals surface area contributed by atoms with Crippen molar-refractivity contribution < 1.29 is 4.92 Å².